The van der Waals surface area contributed by atoms with Crippen LogP contribution in [0.3, 0.4) is 0 Å². The van der Waals surface area contributed by atoms with Crippen LogP contribution in [-0.4, -0.2) is 53.6 Å². The normalized spacial score (nSPS) is 25.6. The van der Waals surface area contributed by atoms with Gasteiger partial charge in [0.15, 0.2) is 5.78 Å². The van der Waals surface area contributed by atoms with Gasteiger partial charge in [0, 0.05) is 12.1 Å². The maximum atomic E-state index is 13.0. The first kappa shape index (κ1) is 21.9. The maximum absolute atomic E-state index is 13.0. The summed E-state index contributed by atoms with van der Waals surface area (Å²) in [6, 6.07) is 5.66. The molecule has 1 aromatic carbocycles. The van der Waals surface area contributed by atoms with Crippen molar-refractivity contribution in [3.8, 4) is 0 Å². The van der Waals surface area contributed by atoms with Crippen molar-refractivity contribution < 1.29 is 18.8 Å². The number of carbonyl (C=O) groups is 3. The maximum Gasteiger partial charge on any atom is 0.233 e. The molecule has 3 aliphatic rings. The summed E-state index contributed by atoms with van der Waals surface area (Å²) in [5.41, 5.74) is 0.527. The van der Waals surface area contributed by atoms with E-state index < -0.39 is 0 Å². The number of rotatable bonds is 5. The number of benzene rings is 1. The average Bonchev–Trinajstić information content (AvgIpc) is 2.95. The predicted octanol–water partition coefficient (Wildman–Crippen LogP) is 3.32. The fourth-order valence-corrected chi connectivity index (χ4v) is 4.93. The van der Waals surface area contributed by atoms with E-state index in [1.165, 1.54) is 29.2 Å². The molecule has 2 saturated heterocycles. The first-order valence-corrected chi connectivity index (χ1v) is 10.4. The van der Waals surface area contributed by atoms with Gasteiger partial charge in [-0.15, -0.1) is 12.4 Å². The lowest BCUT2D eigenvalue weighted by Crippen LogP contribution is -2.42. The number of likely N-dealkylation sites (tertiary alicyclic amines) is 2. The van der Waals surface area contributed by atoms with Gasteiger partial charge < -0.3 is 0 Å². The van der Waals surface area contributed by atoms with Gasteiger partial charge in [0.1, 0.15) is 5.82 Å². The van der Waals surface area contributed by atoms with E-state index in [1.54, 1.807) is 0 Å². The van der Waals surface area contributed by atoms with Crippen molar-refractivity contribution in [3.63, 3.8) is 0 Å². The summed E-state index contributed by atoms with van der Waals surface area (Å²) in [6.07, 6.45) is 5.57. The van der Waals surface area contributed by atoms with Crippen molar-refractivity contribution >= 4 is 30.0 Å². The molecule has 0 aromatic heterocycles. The first-order valence-electron chi connectivity index (χ1n) is 10.4. The van der Waals surface area contributed by atoms with E-state index in [0.29, 0.717) is 24.6 Å². The Balaban J connectivity index is 0.00000240. The lowest BCUT2D eigenvalue weighted by atomic mass is 9.81. The standard InChI is InChI=1S/C22H27FN2O3.ClH/c23-17-7-5-16(6-8-17)20(26)14-24-11-9-15(10-12-24)13-25-21(27)18-3-1-2-4-19(18)22(25)28;/h5-8,15,18-19H,1-4,9-14H2;1H/t18-,19-;/m0./s1. The minimum Gasteiger partial charge on any atom is -0.296 e. The highest BCUT2D eigenvalue weighted by atomic mass is 35.5. The van der Waals surface area contributed by atoms with Gasteiger partial charge in [-0.05, 0) is 69.0 Å². The molecule has 2 amide bonds. The Kier molecular flexibility index (Phi) is 7.06. The second-order valence-corrected chi connectivity index (χ2v) is 8.43. The van der Waals surface area contributed by atoms with Crippen LogP contribution in [0.2, 0.25) is 0 Å². The van der Waals surface area contributed by atoms with Crippen LogP contribution < -0.4 is 0 Å². The Morgan fingerprint density at radius 3 is 2.03 bits per heavy atom. The molecule has 2 atom stereocenters. The van der Waals surface area contributed by atoms with E-state index in [9.17, 15) is 18.8 Å². The van der Waals surface area contributed by atoms with Crippen LogP contribution in [0.15, 0.2) is 24.3 Å². The highest BCUT2D eigenvalue weighted by Crippen LogP contribution is 2.38. The third-order valence-corrected chi connectivity index (χ3v) is 6.61. The fraction of sp³-hybridized carbons (Fsp3) is 0.591. The topological polar surface area (TPSA) is 57.7 Å². The third-order valence-electron chi connectivity index (χ3n) is 6.61. The molecule has 4 rings (SSSR count). The molecule has 0 unspecified atom stereocenters. The predicted molar refractivity (Wildman–Crippen MR) is 109 cm³/mol. The van der Waals surface area contributed by atoms with Gasteiger partial charge in [0.05, 0.1) is 18.4 Å². The summed E-state index contributed by atoms with van der Waals surface area (Å²) >= 11 is 0. The van der Waals surface area contributed by atoms with E-state index >= 15 is 0 Å². The summed E-state index contributed by atoms with van der Waals surface area (Å²) in [5, 5.41) is 0. The summed E-state index contributed by atoms with van der Waals surface area (Å²) < 4.78 is 13.0. The van der Waals surface area contributed by atoms with Gasteiger partial charge in [-0.2, -0.15) is 0 Å². The lowest BCUT2D eigenvalue weighted by molar-refractivity contribution is -0.140. The van der Waals surface area contributed by atoms with Crippen LogP contribution in [0.4, 0.5) is 4.39 Å². The smallest absolute Gasteiger partial charge is 0.233 e. The monoisotopic (exact) mass is 422 g/mol. The molecule has 1 aliphatic carbocycles. The fourth-order valence-electron chi connectivity index (χ4n) is 4.93. The van der Waals surface area contributed by atoms with Gasteiger partial charge in [-0.3, -0.25) is 24.2 Å². The van der Waals surface area contributed by atoms with Crippen LogP contribution in [0, 0.1) is 23.6 Å². The van der Waals surface area contributed by atoms with Crippen LogP contribution in [-0.2, 0) is 9.59 Å². The van der Waals surface area contributed by atoms with Crippen LogP contribution >= 0.6 is 12.4 Å². The number of Topliss-reactive ketones (excluding diaryl/α,β-unsaturated/α-hetero) is 1. The van der Waals surface area contributed by atoms with Crippen molar-refractivity contribution in [1.29, 1.82) is 0 Å². The number of hydrogen-bond donors (Lipinski definition) is 0. The van der Waals surface area contributed by atoms with Crippen molar-refractivity contribution in [3.05, 3.63) is 35.6 Å². The second kappa shape index (κ2) is 9.35. The molecule has 29 heavy (non-hydrogen) atoms. The van der Waals surface area contributed by atoms with E-state index in [-0.39, 0.29) is 47.7 Å². The number of hydrogen-bond acceptors (Lipinski definition) is 4. The van der Waals surface area contributed by atoms with Crippen molar-refractivity contribution in [2.45, 2.75) is 38.5 Å². The zero-order valence-corrected chi connectivity index (χ0v) is 17.3. The minimum absolute atomic E-state index is 0. The van der Waals surface area contributed by atoms with Crippen LogP contribution in [0.1, 0.15) is 48.9 Å². The molecule has 2 aliphatic heterocycles. The SMILES string of the molecule is Cl.O=C(CN1CCC(CN2C(=O)[C@H]3CCCC[C@@H]3C2=O)CC1)c1ccc(F)cc1. The van der Waals surface area contributed by atoms with Gasteiger partial charge in [0.25, 0.3) is 0 Å². The number of piperidine rings is 1. The number of halogens is 2. The minimum atomic E-state index is -0.344. The second-order valence-electron chi connectivity index (χ2n) is 8.43. The van der Waals surface area contributed by atoms with Crippen LogP contribution in [0.25, 0.3) is 0 Å². The van der Waals surface area contributed by atoms with E-state index in [2.05, 4.69) is 4.90 Å². The van der Waals surface area contributed by atoms with Gasteiger partial charge in [-0.1, -0.05) is 12.8 Å². The molecule has 1 saturated carbocycles. The quantitative estimate of drug-likeness (QED) is 0.539. The van der Waals surface area contributed by atoms with Gasteiger partial charge >= 0.3 is 0 Å². The zero-order chi connectivity index (χ0) is 19.7. The van der Waals surface area contributed by atoms with E-state index in [1.807, 2.05) is 0 Å². The van der Waals surface area contributed by atoms with Crippen LogP contribution in [0.5, 0.6) is 0 Å². The highest BCUT2D eigenvalue weighted by molar-refractivity contribution is 6.05. The number of amides is 2. The van der Waals surface area contributed by atoms with Crippen molar-refractivity contribution in [2.24, 2.45) is 17.8 Å². The summed E-state index contributed by atoms with van der Waals surface area (Å²) in [7, 11) is 0. The Labute approximate surface area is 177 Å². The molecule has 158 valence electrons. The number of fused-ring (bicyclic) bond motifs is 1. The average molecular weight is 423 g/mol. The molecule has 0 radical (unpaired) electrons. The number of nitrogens with zero attached hydrogens (tertiary/aromatic N) is 2. The molecule has 7 heteroatoms. The lowest BCUT2D eigenvalue weighted by Gasteiger charge is -2.33. The third kappa shape index (κ3) is 4.69. The Hall–Kier alpha value is -1.79. The summed E-state index contributed by atoms with van der Waals surface area (Å²) in [4.78, 5) is 41.3. The Morgan fingerprint density at radius 1 is 0.931 bits per heavy atom. The van der Waals surface area contributed by atoms with Crippen molar-refractivity contribution in [1.82, 2.24) is 9.80 Å². The molecule has 0 bridgehead atoms. The number of carbonyl (C=O) groups excluding carboxylic acids is 3. The first-order chi connectivity index (χ1) is 13.5. The van der Waals surface area contributed by atoms with Gasteiger partial charge in [0.2, 0.25) is 11.8 Å². The molecule has 2 heterocycles. The number of imide groups is 1. The molecular formula is C22H28ClFN2O3. The molecule has 5 nitrogen and oxygen atoms in total. The molecule has 1 aromatic rings. The van der Waals surface area contributed by atoms with Gasteiger partial charge in [-0.25, -0.2) is 4.39 Å². The van der Waals surface area contributed by atoms with E-state index in [4.69, 9.17) is 0 Å². The molecular weight excluding hydrogens is 395 g/mol. The Bertz CT molecular complexity index is 738. The molecule has 3 fully saturated rings. The largest absolute Gasteiger partial charge is 0.296 e. The highest BCUT2D eigenvalue weighted by Gasteiger charge is 2.48. The van der Waals surface area contributed by atoms with Crippen molar-refractivity contribution in [2.75, 3.05) is 26.2 Å². The van der Waals surface area contributed by atoms with E-state index in [0.717, 1.165) is 51.6 Å². The summed E-state index contributed by atoms with van der Waals surface area (Å²) in [6.45, 7) is 2.41. The molecule has 0 N–H and O–H groups in total. The summed E-state index contributed by atoms with van der Waals surface area (Å²) in [5.74, 6) is -0.0996. The zero-order valence-electron chi connectivity index (χ0n) is 16.5. The molecule has 0 spiro atoms. The Morgan fingerprint density at radius 2 is 1.48 bits per heavy atom. The number of ketones is 1.